The lowest BCUT2D eigenvalue weighted by Gasteiger charge is -2.35. The van der Waals surface area contributed by atoms with Crippen LogP contribution < -0.4 is 10.2 Å². The molecule has 2 rings (SSSR count). The molecule has 0 saturated carbocycles. The summed E-state index contributed by atoms with van der Waals surface area (Å²) in [6.07, 6.45) is 1.41. The molecule has 140 valence electrons. The Labute approximate surface area is 152 Å². The van der Waals surface area contributed by atoms with Crippen LogP contribution in [-0.2, 0) is 21.5 Å². The summed E-state index contributed by atoms with van der Waals surface area (Å²) in [7, 11) is 2.19. The van der Waals surface area contributed by atoms with Gasteiger partial charge in [-0.1, -0.05) is 46.8 Å². The van der Waals surface area contributed by atoms with Crippen LogP contribution in [0.4, 0.5) is 5.69 Å². The number of anilines is 1. The van der Waals surface area contributed by atoms with Crippen LogP contribution in [0.1, 0.15) is 58.6 Å². The Morgan fingerprint density at radius 2 is 2.04 bits per heavy atom. The third-order valence-electron chi connectivity index (χ3n) is 5.23. The molecular weight excluding hydrogens is 312 g/mol. The SMILES string of the molecule is CCCOCCC(=O)NCc1ccc2c(c1)C(C)(C)C(C(C)C)N2C. The highest BCUT2D eigenvalue weighted by atomic mass is 16.5. The minimum absolute atomic E-state index is 0.0491. The Kier molecular flexibility index (Phi) is 6.50. The minimum Gasteiger partial charge on any atom is -0.381 e. The van der Waals surface area contributed by atoms with E-state index in [4.69, 9.17) is 4.74 Å². The summed E-state index contributed by atoms with van der Waals surface area (Å²) in [6.45, 7) is 13.1. The van der Waals surface area contributed by atoms with Gasteiger partial charge in [-0.05, 0) is 29.5 Å². The van der Waals surface area contributed by atoms with Crippen LogP contribution in [-0.4, -0.2) is 32.2 Å². The smallest absolute Gasteiger partial charge is 0.222 e. The van der Waals surface area contributed by atoms with Crippen LogP contribution in [0.25, 0.3) is 0 Å². The topological polar surface area (TPSA) is 41.6 Å². The standard InChI is InChI=1S/C21H34N2O2/c1-7-11-25-12-10-19(24)22-14-16-8-9-18-17(13-16)21(4,5)20(15(2)3)23(18)6/h8-9,13,15,20H,7,10-12,14H2,1-6H3,(H,22,24). The van der Waals surface area contributed by atoms with Crippen molar-refractivity contribution in [2.45, 2.75) is 65.5 Å². The summed E-state index contributed by atoms with van der Waals surface area (Å²) in [5.41, 5.74) is 3.96. The molecule has 1 aromatic rings. The molecule has 1 aliphatic rings. The van der Waals surface area contributed by atoms with Gasteiger partial charge in [0.05, 0.1) is 6.61 Å². The van der Waals surface area contributed by atoms with Gasteiger partial charge in [-0.15, -0.1) is 0 Å². The summed E-state index contributed by atoms with van der Waals surface area (Å²) in [5, 5.41) is 3.01. The lowest BCUT2D eigenvalue weighted by Crippen LogP contribution is -2.43. The Balaban J connectivity index is 2.00. The lowest BCUT2D eigenvalue weighted by atomic mass is 9.76. The number of nitrogens with zero attached hydrogens (tertiary/aromatic N) is 1. The summed E-state index contributed by atoms with van der Waals surface area (Å²) in [4.78, 5) is 14.3. The second-order valence-corrected chi connectivity index (χ2v) is 8.01. The Morgan fingerprint density at radius 3 is 2.68 bits per heavy atom. The van der Waals surface area contributed by atoms with Gasteiger partial charge >= 0.3 is 0 Å². The fourth-order valence-electron chi connectivity index (χ4n) is 4.29. The lowest BCUT2D eigenvalue weighted by molar-refractivity contribution is -0.122. The van der Waals surface area contributed by atoms with Crippen molar-refractivity contribution in [3.05, 3.63) is 29.3 Å². The van der Waals surface area contributed by atoms with E-state index in [2.05, 4.69) is 70.1 Å². The molecule has 0 radical (unpaired) electrons. The number of carbonyl (C=O) groups is 1. The van der Waals surface area contributed by atoms with Crippen LogP contribution in [0, 0.1) is 5.92 Å². The molecule has 0 aromatic heterocycles. The third-order valence-corrected chi connectivity index (χ3v) is 5.23. The normalized spacial score (nSPS) is 18.5. The first-order valence-electron chi connectivity index (χ1n) is 9.49. The fraction of sp³-hybridized carbons (Fsp3) is 0.667. The molecule has 4 heteroatoms. The molecule has 1 aliphatic heterocycles. The summed E-state index contributed by atoms with van der Waals surface area (Å²) in [5.74, 6) is 0.631. The van der Waals surface area contributed by atoms with Crippen molar-refractivity contribution >= 4 is 11.6 Å². The second kappa shape index (κ2) is 8.22. The highest BCUT2D eigenvalue weighted by molar-refractivity contribution is 5.76. The van der Waals surface area contributed by atoms with Crippen molar-refractivity contribution in [3.8, 4) is 0 Å². The van der Waals surface area contributed by atoms with Gasteiger partial charge < -0.3 is 15.0 Å². The molecule has 1 heterocycles. The number of benzene rings is 1. The van der Waals surface area contributed by atoms with E-state index >= 15 is 0 Å². The van der Waals surface area contributed by atoms with E-state index in [0.29, 0.717) is 31.5 Å². The maximum Gasteiger partial charge on any atom is 0.222 e. The number of nitrogens with one attached hydrogen (secondary N) is 1. The van der Waals surface area contributed by atoms with Crippen LogP contribution >= 0.6 is 0 Å². The number of carbonyl (C=O) groups excluding carboxylic acids is 1. The zero-order chi connectivity index (χ0) is 18.6. The summed E-state index contributed by atoms with van der Waals surface area (Å²) < 4.78 is 5.37. The van der Waals surface area contributed by atoms with E-state index in [-0.39, 0.29) is 11.3 Å². The van der Waals surface area contributed by atoms with Crippen molar-refractivity contribution in [2.75, 3.05) is 25.2 Å². The molecule has 1 atom stereocenters. The zero-order valence-electron chi connectivity index (χ0n) is 16.7. The molecule has 1 unspecified atom stereocenters. The van der Waals surface area contributed by atoms with Crippen LogP contribution in [0.2, 0.25) is 0 Å². The number of rotatable bonds is 8. The van der Waals surface area contributed by atoms with Crippen LogP contribution in [0.15, 0.2) is 18.2 Å². The van der Waals surface area contributed by atoms with Crippen molar-refractivity contribution in [1.82, 2.24) is 5.32 Å². The van der Waals surface area contributed by atoms with Gasteiger partial charge in [-0.25, -0.2) is 0 Å². The number of ether oxygens (including phenoxy) is 1. The van der Waals surface area contributed by atoms with E-state index in [1.165, 1.54) is 11.3 Å². The fourth-order valence-corrected chi connectivity index (χ4v) is 4.29. The molecule has 4 nitrogen and oxygen atoms in total. The molecule has 0 saturated heterocycles. The largest absolute Gasteiger partial charge is 0.381 e. The number of likely N-dealkylation sites (N-methyl/N-ethyl adjacent to an activating group) is 1. The van der Waals surface area contributed by atoms with Gasteiger partial charge in [0, 0.05) is 43.8 Å². The van der Waals surface area contributed by atoms with Gasteiger partial charge in [0.1, 0.15) is 0 Å². The van der Waals surface area contributed by atoms with E-state index < -0.39 is 0 Å². The first-order valence-corrected chi connectivity index (χ1v) is 9.49. The molecule has 0 aliphatic carbocycles. The molecule has 0 spiro atoms. The van der Waals surface area contributed by atoms with Crippen molar-refractivity contribution in [1.29, 1.82) is 0 Å². The molecular formula is C21H34N2O2. The van der Waals surface area contributed by atoms with Crippen molar-refractivity contribution < 1.29 is 9.53 Å². The van der Waals surface area contributed by atoms with Crippen molar-refractivity contribution in [2.24, 2.45) is 5.92 Å². The van der Waals surface area contributed by atoms with Crippen LogP contribution in [0.5, 0.6) is 0 Å². The molecule has 1 amide bonds. The van der Waals surface area contributed by atoms with E-state index in [0.717, 1.165) is 18.6 Å². The Hall–Kier alpha value is -1.55. The minimum atomic E-state index is 0.0491. The average molecular weight is 347 g/mol. The second-order valence-electron chi connectivity index (χ2n) is 8.01. The number of fused-ring (bicyclic) bond motifs is 1. The Morgan fingerprint density at radius 1 is 1.32 bits per heavy atom. The zero-order valence-corrected chi connectivity index (χ0v) is 16.7. The van der Waals surface area contributed by atoms with Gasteiger partial charge in [0.15, 0.2) is 0 Å². The molecule has 0 bridgehead atoms. The molecule has 1 aromatic carbocycles. The maximum atomic E-state index is 11.9. The van der Waals surface area contributed by atoms with Gasteiger partial charge in [0.2, 0.25) is 5.91 Å². The first kappa shape index (κ1) is 19.8. The molecule has 1 N–H and O–H groups in total. The number of hydrogen-bond donors (Lipinski definition) is 1. The highest BCUT2D eigenvalue weighted by Gasteiger charge is 2.44. The quantitative estimate of drug-likeness (QED) is 0.727. The number of hydrogen-bond acceptors (Lipinski definition) is 3. The van der Waals surface area contributed by atoms with E-state index in [1.54, 1.807) is 0 Å². The van der Waals surface area contributed by atoms with Crippen LogP contribution in [0.3, 0.4) is 0 Å². The van der Waals surface area contributed by atoms with Gasteiger partial charge in [-0.2, -0.15) is 0 Å². The maximum absolute atomic E-state index is 11.9. The van der Waals surface area contributed by atoms with Gasteiger partial charge in [-0.3, -0.25) is 4.79 Å². The predicted octanol–water partition coefficient (Wildman–Crippen LogP) is 3.87. The molecule has 0 fully saturated rings. The van der Waals surface area contributed by atoms with Crippen molar-refractivity contribution in [3.63, 3.8) is 0 Å². The first-order chi connectivity index (χ1) is 11.8. The number of amides is 1. The highest BCUT2D eigenvalue weighted by Crippen LogP contribution is 2.47. The van der Waals surface area contributed by atoms with E-state index in [9.17, 15) is 4.79 Å². The monoisotopic (exact) mass is 346 g/mol. The predicted molar refractivity (Wildman–Crippen MR) is 104 cm³/mol. The summed E-state index contributed by atoms with van der Waals surface area (Å²) in [6, 6.07) is 7.08. The molecule has 25 heavy (non-hydrogen) atoms. The average Bonchev–Trinajstić information content (AvgIpc) is 2.75. The van der Waals surface area contributed by atoms with Gasteiger partial charge in [0.25, 0.3) is 0 Å². The van der Waals surface area contributed by atoms with E-state index in [1.807, 2.05) is 0 Å². The third kappa shape index (κ3) is 4.35. The Bertz CT molecular complexity index is 596. The summed E-state index contributed by atoms with van der Waals surface area (Å²) >= 11 is 0.